The Bertz CT molecular complexity index is 308. The summed E-state index contributed by atoms with van der Waals surface area (Å²) >= 11 is 0. The van der Waals surface area contributed by atoms with E-state index in [1.165, 1.54) is 6.42 Å². The van der Waals surface area contributed by atoms with Crippen LogP contribution in [0.5, 0.6) is 0 Å². The number of unbranched alkanes of at least 4 members (excludes halogenated alkanes) is 1. The second kappa shape index (κ2) is 11.0. The van der Waals surface area contributed by atoms with Crippen molar-refractivity contribution in [1.29, 1.82) is 0 Å². The normalized spacial score (nSPS) is 18.7. The summed E-state index contributed by atoms with van der Waals surface area (Å²) in [7, 11) is -4.07. The first-order chi connectivity index (χ1) is 11.1. The first-order valence-electron chi connectivity index (χ1n) is 9.36. The maximum absolute atomic E-state index is 6.12. The van der Waals surface area contributed by atoms with Gasteiger partial charge in [-0.1, -0.05) is 6.42 Å². The zero-order valence-corrected chi connectivity index (χ0v) is 17.9. The van der Waals surface area contributed by atoms with Crippen molar-refractivity contribution in [2.75, 3.05) is 39.5 Å². The van der Waals surface area contributed by atoms with Crippen LogP contribution in [0.4, 0.5) is 0 Å². The molecule has 1 aliphatic heterocycles. The lowest BCUT2D eigenvalue weighted by Gasteiger charge is -2.34. The first kappa shape index (κ1) is 21.3. The molecule has 0 aromatic rings. The number of rotatable bonds is 13. The third-order valence-corrected chi connectivity index (χ3v) is 11.3. The van der Waals surface area contributed by atoms with Gasteiger partial charge in [-0.05, 0) is 66.2 Å². The molecular weight excluding hydrogens is 326 g/mol. The van der Waals surface area contributed by atoms with Crippen molar-refractivity contribution in [3.63, 3.8) is 0 Å². The van der Waals surface area contributed by atoms with Crippen LogP contribution in [-0.4, -0.2) is 61.4 Å². The molecule has 7 heteroatoms. The Labute approximate surface area is 145 Å². The van der Waals surface area contributed by atoms with Crippen LogP contribution in [0, 0.1) is 0 Å². The second-order valence-electron chi connectivity index (χ2n) is 6.13. The van der Waals surface area contributed by atoms with E-state index < -0.39 is 17.3 Å². The molecule has 1 aliphatic rings. The Balaban J connectivity index is 2.44. The average molecular weight is 364 g/mol. The van der Waals surface area contributed by atoms with E-state index in [2.05, 4.69) is 38.8 Å². The molecule has 0 aromatic heterocycles. The molecule has 138 valence electrons. The number of nitrogens with zero attached hydrogens (tertiary/aromatic N) is 1. The van der Waals surface area contributed by atoms with Gasteiger partial charge in [-0.2, -0.15) is 0 Å². The summed E-state index contributed by atoms with van der Waals surface area (Å²) in [6.45, 7) is 15.7. The van der Waals surface area contributed by atoms with E-state index in [0.29, 0.717) is 0 Å². The summed E-state index contributed by atoms with van der Waals surface area (Å²) in [4.78, 5) is 0. The Kier molecular flexibility index (Phi) is 10.1. The van der Waals surface area contributed by atoms with Gasteiger partial charge in [0.25, 0.3) is 0 Å². The van der Waals surface area contributed by atoms with Crippen LogP contribution in [0.3, 0.4) is 0 Å². The van der Waals surface area contributed by atoms with E-state index in [0.717, 1.165) is 64.4 Å². The van der Waals surface area contributed by atoms with Gasteiger partial charge in [0.1, 0.15) is 0 Å². The van der Waals surface area contributed by atoms with E-state index in [9.17, 15) is 0 Å². The predicted molar refractivity (Wildman–Crippen MR) is 98.9 cm³/mol. The summed E-state index contributed by atoms with van der Waals surface area (Å²) < 4.78 is 26.6. The topological polar surface area (TPSA) is 40.2 Å². The zero-order chi connectivity index (χ0) is 17.2. The Morgan fingerprint density at radius 1 is 0.913 bits per heavy atom. The Hall–Kier alpha value is 0.234. The molecule has 0 atom stereocenters. The largest absolute Gasteiger partial charge is 0.427 e. The summed E-state index contributed by atoms with van der Waals surface area (Å²) in [6, 6.07) is 2.18. The highest BCUT2D eigenvalue weighted by Gasteiger charge is 2.48. The predicted octanol–water partition coefficient (Wildman–Crippen LogP) is 3.63. The smallest absolute Gasteiger partial charge is 0.395 e. The van der Waals surface area contributed by atoms with Crippen molar-refractivity contribution in [2.45, 2.75) is 65.6 Å². The lowest BCUT2D eigenvalue weighted by Crippen LogP contribution is -2.54. The molecule has 5 nitrogen and oxygen atoms in total. The summed E-state index contributed by atoms with van der Waals surface area (Å²) in [5, 5.41) is 0. The third-order valence-electron chi connectivity index (χ3n) is 4.35. The van der Waals surface area contributed by atoms with Crippen molar-refractivity contribution in [1.82, 2.24) is 4.57 Å². The maximum atomic E-state index is 6.12. The van der Waals surface area contributed by atoms with Gasteiger partial charge in [0, 0.05) is 32.5 Å². The summed E-state index contributed by atoms with van der Waals surface area (Å²) in [5.41, 5.74) is 0. The van der Waals surface area contributed by atoms with Crippen LogP contribution in [0.2, 0.25) is 18.6 Å². The van der Waals surface area contributed by atoms with Gasteiger partial charge < -0.3 is 17.7 Å². The van der Waals surface area contributed by atoms with Gasteiger partial charge in [-0.25, -0.2) is 0 Å². The molecule has 0 aromatic carbocycles. The van der Waals surface area contributed by atoms with Crippen LogP contribution >= 0.6 is 0 Å². The summed E-state index contributed by atoms with van der Waals surface area (Å²) in [5.74, 6) is 0. The van der Waals surface area contributed by atoms with Crippen molar-refractivity contribution < 1.29 is 17.7 Å². The van der Waals surface area contributed by atoms with Gasteiger partial charge in [0.15, 0.2) is 0 Å². The minimum Gasteiger partial charge on any atom is -0.395 e. The lowest BCUT2D eigenvalue weighted by atomic mass is 10.3. The van der Waals surface area contributed by atoms with Crippen LogP contribution in [0.25, 0.3) is 0 Å². The van der Waals surface area contributed by atoms with Crippen molar-refractivity contribution in [2.24, 2.45) is 0 Å². The lowest BCUT2D eigenvalue weighted by molar-refractivity contribution is 0.135. The fourth-order valence-corrected chi connectivity index (χ4v) is 9.51. The van der Waals surface area contributed by atoms with E-state index in [1.807, 2.05) is 0 Å². The fourth-order valence-electron chi connectivity index (χ4n) is 3.47. The standard InChI is InChI=1S/C16H37NO4Si2/c1-6-18-22(5,19-7-2)15-11-10-13-17-14-12-16-23(17,20-8-3)21-9-4/h6-16H2,1-5H3. The van der Waals surface area contributed by atoms with Gasteiger partial charge >= 0.3 is 17.3 Å². The molecule has 23 heavy (non-hydrogen) atoms. The fraction of sp³-hybridized carbons (Fsp3) is 1.00. The molecule has 0 bridgehead atoms. The molecule has 0 amide bonds. The van der Waals surface area contributed by atoms with Crippen molar-refractivity contribution in [3.05, 3.63) is 0 Å². The molecule has 0 unspecified atom stereocenters. The third kappa shape index (κ3) is 6.57. The molecule has 0 aliphatic carbocycles. The van der Waals surface area contributed by atoms with Crippen LogP contribution < -0.4 is 0 Å². The van der Waals surface area contributed by atoms with Gasteiger partial charge in [0.05, 0.1) is 0 Å². The quantitative estimate of drug-likeness (QED) is 0.369. The number of hydrogen-bond donors (Lipinski definition) is 0. The molecule has 0 saturated carbocycles. The molecule has 0 N–H and O–H groups in total. The highest BCUT2D eigenvalue weighted by atomic mass is 28.4. The maximum Gasteiger partial charge on any atom is 0.427 e. The van der Waals surface area contributed by atoms with Gasteiger partial charge in [-0.3, -0.25) is 4.57 Å². The second-order valence-corrected chi connectivity index (χ2v) is 12.6. The Morgan fingerprint density at radius 3 is 2.04 bits per heavy atom. The van der Waals surface area contributed by atoms with Gasteiger partial charge in [0.2, 0.25) is 0 Å². The molecule has 1 saturated heterocycles. The summed E-state index contributed by atoms with van der Waals surface area (Å²) in [6.07, 6.45) is 3.52. The van der Waals surface area contributed by atoms with Crippen LogP contribution in [0.1, 0.15) is 47.0 Å². The van der Waals surface area contributed by atoms with E-state index in [1.54, 1.807) is 0 Å². The SMILES string of the molecule is CCO[Si](C)(CCCCN1CCC[Si]1(OCC)OCC)OCC. The van der Waals surface area contributed by atoms with Crippen molar-refractivity contribution >= 4 is 17.3 Å². The average Bonchev–Trinajstić information content (AvgIpc) is 2.88. The van der Waals surface area contributed by atoms with E-state index >= 15 is 0 Å². The minimum atomic E-state index is -2.11. The number of hydrogen-bond acceptors (Lipinski definition) is 5. The van der Waals surface area contributed by atoms with E-state index in [-0.39, 0.29) is 0 Å². The molecule has 1 heterocycles. The monoisotopic (exact) mass is 363 g/mol. The highest BCUT2D eigenvalue weighted by Crippen LogP contribution is 2.29. The van der Waals surface area contributed by atoms with Crippen LogP contribution in [-0.2, 0) is 17.7 Å². The first-order valence-corrected chi connectivity index (χ1v) is 13.9. The molecular formula is C16H37NO4Si2. The molecule has 0 radical (unpaired) electrons. The molecule has 1 rings (SSSR count). The Morgan fingerprint density at radius 2 is 1.52 bits per heavy atom. The van der Waals surface area contributed by atoms with Gasteiger partial charge in [-0.15, -0.1) is 0 Å². The minimum absolute atomic E-state index is 0.750. The van der Waals surface area contributed by atoms with Crippen molar-refractivity contribution in [3.8, 4) is 0 Å². The van der Waals surface area contributed by atoms with Crippen LogP contribution in [0.15, 0.2) is 0 Å². The molecule has 1 fully saturated rings. The zero-order valence-electron chi connectivity index (χ0n) is 15.9. The molecule has 0 spiro atoms. The van der Waals surface area contributed by atoms with E-state index in [4.69, 9.17) is 17.7 Å². The highest BCUT2D eigenvalue weighted by molar-refractivity contribution is 6.66.